The number of hydrogen-bond donors (Lipinski definition) is 2. The molecule has 1 heterocycles. The van der Waals surface area contributed by atoms with Crippen LogP contribution in [-0.2, 0) is 4.74 Å². The minimum absolute atomic E-state index is 0. The summed E-state index contributed by atoms with van der Waals surface area (Å²) < 4.78 is 5.35. The van der Waals surface area contributed by atoms with E-state index in [1.165, 1.54) is 5.56 Å². The number of guanidine groups is 1. The Bertz CT molecular complexity index is 463. The van der Waals surface area contributed by atoms with E-state index in [-0.39, 0.29) is 24.0 Å². The number of hydrogen-bond acceptors (Lipinski definition) is 3. The summed E-state index contributed by atoms with van der Waals surface area (Å²) in [5.74, 6) is 0.992. The lowest BCUT2D eigenvalue weighted by Crippen LogP contribution is -2.39. The molecule has 0 bridgehead atoms. The van der Waals surface area contributed by atoms with Crippen molar-refractivity contribution in [2.45, 2.75) is 25.7 Å². The number of nitrogens with one attached hydrogen (secondary N) is 1. The summed E-state index contributed by atoms with van der Waals surface area (Å²) in [6.07, 6.45) is 2.14. The third-order valence-electron chi connectivity index (χ3n) is 4.31. The van der Waals surface area contributed by atoms with Gasteiger partial charge in [-0.2, -0.15) is 0 Å². The van der Waals surface area contributed by atoms with Gasteiger partial charge >= 0.3 is 0 Å². The van der Waals surface area contributed by atoms with E-state index in [1.807, 2.05) is 6.07 Å². The van der Waals surface area contributed by atoms with Crippen molar-refractivity contribution in [3.8, 4) is 0 Å². The number of morpholine rings is 1. The highest BCUT2D eigenvalue weighted by molar-refractivity contribution is 14.0. The summed E-state index contributed by atoms with van der Waals surface area (Å²) in [6.45, 7) is 8.68. The van der Waals surface area contributed by atoms with E-state index in [1.54, 1.807) is 0 Å². The maximum absolute atomic E-state index is 5.98. The Morgan fingerprint density at radius 1 is 1.29 bits per heavy atom. The Morgan fingerprint density at radius 3 is 2.67 bits per heavy atom. The summed E-state index contributed by atoms with van der Waals surface area (Å²) in [5, 5.41) is 3.22. The molecule has 5 nitrogen and oxygen atoms in total. The molecule has 136 valence electrons. The third-order valence-corrected chi connectivity index (χ3v) is 4.31. The van der Waals surface area contributed by atoms with Crippen LogP contribution in [0.5, 0.6) is 0 Å². The predicted molar refractivity (Wildman–Crippen MR) is 111 cm³/mol. The quantitative estimate of drug-likeness (QED) is 0.279. The number of benzene rings is 1. The van der Waals surface area contributed by atoms with Crippen LogP contribution in [0.1, 0.15) is 31.2 Å². The van der Waals surface area contributed by atoms with Crippen LogP contribution in [-0.4, -0.2) is 56.8 Å². The molecule has 0 saturated carbocycles. The lowest BCUT2D eigenvalue weighted by Gasteiger charge is -2.26. The summed E-state index contributed by atoms with van der Waals surface area (Å²) in [6, 6.07) is 10.5. The monoisotopic (exact) mass is 446 g/mol. The van der Waals surface area contributed by atoms with Crippen LogP contribution in [0.25, 0.3) is 0 Å². The molecule has 24 heavy (non-hydrogen) atoms. The van der Waals surface area contributed by atoms with Crippen LogP contribution in [0.2, 0.25) is 0 Å². The average molecular weight is 446 g/mol. The molecule has 1 aliphatic heterocycles. The van der Waals surface area contributed by atoms with E-state index >= 15 is 0 Å². The maximum atomic E-state index is 5.98. The molecule has 0 aromatic heterocycles. The Kier molecular flexibility index (Phi) is 11.0. The molecular formula is C18H31IN4O. The van der Waals surface area contributed by atoms with Crippen LogP contribution in [0.15, 0.2) is 35.3 Å². The second-order valence-electron chi connectivity index (χ2n) is 5.98. The van der Waals surface area contributed by atoms with E-state index in [2.05, 4.69) is 46.4 Å². The zero-order valence-electron chi connectivity index (χ0n) is 14.6. The second kappa shape index (κ2) is 12.5. The lowest BCUT2D eigenvalue weighted by atomic mass is 9.97. The molecule has 1 fully saturated rings. The molecule has 1 aromatic rings. The first-order chi connectivity index (χ1) is 11.3. The molecular weight excluding hydrogens is 415 g/mol. The highest BCUT2D eigenvalue weighted by atomic mass is 127. The summed E-state index contributed by atoms with van der Waals surface area (Å²) in [7, 11) is 0. The van der Waals surface area contributed by atoms with Gasteiger partial charge in [0, 0.05) is 32.1 Å². The van der Waals surface area contributed by atoms with Gasteiger partial charge in [-0.15, -0.1) is 24.0 Å². The largest absolute Gasteiger partial charge is 0.379 e. The van der Waals surface area contributed by atoms with E-state index in [9.17, 15) is 0 Å². The van der Waals surface area contributed by atoms with Crippen LogP contribution < -0.4 is 11.1 Å². The lowest BCUT2D eigenvalue weighted by molar-refractivity contribution is 0.0376. The molecule has 1 aromatic carbocycles. The van der Waals surface area contributed by atoms with Gasteiger partial charge in [0.25, 0.3) is 0 Å². The topological polar surface area (TPSA) is 62.9 Å². The zero-order chi connectivity index (χ0) is 16.3. The molecule has 1 saturated heterocycles. The van der Waals surface area contributed by atoms with Crippen molar-refractivity contribution >= 4 is 29.9 Å². The molecule has 6 heteroatoms. The fourth-order valence-corrected chi connectivity index (χ4v) is 2.80. The Morgan fingerprint density at radius 2 is 2.00 bits per heavy atom. The number of halogens is 1. The fourth-order valence-electron chi connectivity index (χ4n) is 2.80. The van der Waals surface area contributed by atoms with E-state index in [0.29, 0.717) is 11.9 Å². The van der Waals surface area contributed by atoms with Gasteiger partial charge in [-0.25, -0.2) is 0 Å². The van der Waals surface area contributed by atoms with Crippen molar-refractivity contribution in [2.24, 2.45) is 10.7 Å². The van der Waals surface area contributed by atoms with Crippen molar-refractivity contribution < 1.29 is 4.74 Å². The molecule has 2 rings (SSSR count). The summed E-state index contributed by atoms with van der Waals surface area (Å²) in [4.78, 5) is 6.94. The highest BCUT2D eigenvalue weighted by Crippen LogP contribution is 2.19. The Hall–Kier alpha value is -0.860. The van der Waals surface area contributed by atoms with E-state index in [0.717, 1.165) is 58.8 Å². The van der Waals surface area contributed by atoms with Gasteiger partial charge in [-0.1, -0.05) is 37.3 Å². The minimum atomic E-state index is 0. The Labute approximate surface area is 163 Å². The smallest absolute Gasteiger partial charge is 0.188 e. The molecule has 0 radical (unpaired) electrons. The van der Waals surface area contributed by atoms with Crippen LogP contribution >= 0.6 is 24.0 Å². The first-order valence-corrected chi connectivity index (χ1v) is 8.68. The van der Waals surface area contributed by atoms with Crippen molar-refractivity contribution in [2.75, 3.05) is 45.9 Å². The highest BCUT2D eigenvalue weighted by Gasteiger charge is 2.10. The van der Waals surface area contributed by atoms with Crippen LogP contribution in [0, 0.1) is 0 Å². The number of rotatable bonds is 8. The molecule has 1 unspecified atom stereocenters. The first-order valence-electron chi connectivity index (χ1n) is 8.68. The van der Waals surface area contributed by atoms with Crippen molar-refractivity contribution in [1.82, 2.24) is 10.2 Å². The number of nitrogens with zero attached hydrogens (tertiary/aromatic N) is 2. The van der Waals surface area contributed by atoms with Crippen molar-refractivity contribution in [3.63, 3.8) is 0 Å². The van der Waals surface area contributed by atoms with Gasteiger partial charge in [0.05, 0.1) is 13.2 Å². The van der Waals surface area contributed by atoms with Gasteiger partial charge in [0.15, 0.2) is 5.96 Å². The third kappa shape index (κ3) is 7.81. The number of ether oxygens (including phenoxy) is 1. The molecule has 0 amide bonds. The van der Waals surface area contributed by atoms with Gasteiger partial charge in [-0.05, 0) is 24.9 Å². The van der Waals surface area contributed by atoms with Crippen LogP contribution in [0.4, 0.5) is 0 Å². The van der Waals surface area contributed by atoms with Gasteiger partial charge in [-0.3, -0.25) is 9.89 Å². The molecule has 3 N–H and O–H groups in total. The minimum Gasteiger partial charge on any atom is -0.379 e. The standard InChI is InChI=1S/C18H30N4O.HI/c1-2-16(17-7-4-3-5-8-17)15-21-18(19)20-9-6-10-22-11-13-23-14-12-22;/h3-5,7-8,16H,2,6,9-15H2,1H3,(H3,19,20,21);1H. The SMILES string of the molecule is CCC(CN=C(N)NCCCN1CCOCC1)c1ccccc1.I. The summed E-state index contributed by atoms with van der Waals surface area (Å²) in [5.41, 5.74) is 7.31. The molecule has 1 aliphatic rings. The molecule has 0 spiro atoms. The summed E-state index contributed by atoms with van der Waals surface area (Å²) >= 11 is 0. The van der Waals surface area contributed by atoms with Crippen molar-refractivity contribution in [1.29, 1.82) is 0 Å². The van der Waals surface area contributed by atoms with Gasteiger partial charge < -0.3 is 15.8 Å². The molecule has 0 aliphatic carbocycles. The normalized spacial score (nSPS) is 17.1. The first kappa shape index (κ1) is 21.2. The van der Waals surface area contributed by atoms with E-state index in [4.69, 9.17) is 10.5 Å². The van der Waals surface area contributed by atoms with Crippen molar-refractivity contribution in [3.05, 3.63) is 35.9 Å². The Balaban J connectivity index is 0.00000288. The van der Waals surface area contributed by atoms with Gasteiger partial charge in [0.2, 0.25) is 0 Å². The second-order valence-corrected chi connectivity index (χ2v) is 5.98. The maximum Gasteiger partial charge on any atom is 0.188 e. The van der Waals surface area contributed by atoms with Gasteiger partial charge in [0.1, 0.15) is 0 Å². The number of aliphatic imine (C=N–C) groups is 1. The average Bonchev–Trinajstić information content (AvgIpc) is 2.61. The number of nitrogens with two attached hydrogens (primary N) is 1. The zero-order valence-corrected chi connectivity index (χ0v) is 16.9. The predicted octanol–water partition coefficient (Wildman–Crippen LogP) is 2.42. The molecule has 1 atom stereocenters. The van der Waals surface area contributed by atoms with Crippen LogP contribution in [0.3, 0.4) is 0 Å². The van der Waals surface area contributed by atoms with E-state index < -0.39 is 0 Å². The fraction of sp³-hybridized carbons (Fsp3) is 0.611.